The number of carbonyl (C=O) groups is 4. The fourth-order valence-electron chi connectivity index (χ4n) is 10.5. The van der Waals surface area contributed by atoms with Crippen LogP contribution in [0.3, 0.4) is 0 Å². The van der Waals surface area contributed by atoms with Crippen molar-refractivity contribution in [3.63, 3.8) is 0 Å². The van der Waals surface area contributed by atoms with Crippen molar-refractivity contribution in [3.05, 3.63) is 133 Å². The molecule has 0 aliphatic rings. The Morgan fingerprint density at radius 1 is 0.389 bits per heavy atom. The number of rotatable bonds is 25. The highest BCUT2D eigenvalue weighted by atomic mass is 35.5. The molecule has 0 aliphatic carbocycles. The van der Waals surface area contributed by atoms with E-state index in [1.807, 2.05) is 152 Å². The van der Waals surface area contributed by atoms with Crippen LogP contribution in [0.1, 0.15) is 245 Å². The summed E-state index contributed by atoms with van der Waals surface area (Å²) in [7, 11) is 1.63. The summed E-state index contributed by atoms with van der Waals surface area (Å²) in [5, 5.41) is 16.6. The molecule has 0 aromatic heterocycles. The van der Waals surface area contributed by atoms with E-state index in [1.165, 1.54) is 6.07 Å². The minimum Gasteiger partial charge on any atom is -0.497 e. The number of halogens is 8. The average Bonchev–Trinajstić information content (AvgIpc) is 0.883. The van der Waals surface area contributed by atoms with Crippen molar-refractivity contribution in [1.82, 2.24) is 21.3 Å². The molecule has 4 atom stereocenters. The molecule has 4 unspecified atom stereocenters. The zero-order valence-corrected chi connectivity index (χ0v) is 65.4. The third-order valence-corrected chi connectivity index (χ3v) is 16.3. The standard InChI is InChI=1S/C20H32ClNO2.C20H29F4NO.C19H29Cl2NO.C19H30ClNO/c1-19(2,3)18(23)17(22-20(4,5)6)10-8-9-14-11-12-15(24-7)13-16(14)21;1-18(2,3)17(26)16(25-19(4,5)6)9-7-8-13-10-11-14(12-15(13)21)20(22,23)24;1-18(2,3)17(23)16(22-19(4,5)6)9-7-8-13-10-11-14(20)12-15(13)21;1-18(2,3)17(22)16(21-19(4,5)6)13-9-11-14-10-7-8-12-15(14)20/h11-13,17,22H,8-10H2,1-7H3;10-12,16,25H,7-9H2,1-6H3;10-12,16,22H,7-9H2,1-6H3;7-8,10,12,16,21H,9,11,13H2,1-6H3. The maximum Gasteiger partial charge on any atom is 0.416 e. The van der Waals surface area contributed by atoms with Crippen LogP contribution in [0, 0.1) is 27.5 Å². The molecule has 538 valence electrons. The SMILES string of the molecule is CC(C)(C)NC(CCCc1ccc(C(F)(F)F)cc1F)C(=O)C(C)(C)C.CC(C)(C)NC(CCCc1ccc(Cl)cc1Cl)C(=O)C(C)(C)C.CC(C)(C)NC(CCCc1ccccc1Cl)C(=O)C(C)(C)C.COc1ccc(CCCC(NC(C)(C)C)C(=O)C(C)(C)C)c(Cl)c1. The van der Waals surface area contributed by atoms with E-state index in [4.69, 9.17) is 51.1 Å². The van der Waals surface area contributed by atoms with Crippen molar-refractivity contribution in [3.8, 4) is 5.75 Å². The van der Waals surface area contributed by atoms with E-state index in [1.54, 1.807) is 13.2 Å². The molecule has 0 heterocycles. The average molecular weight is 1410 g/mol. The zero-order valence-electron chi connectivity index (χ0n) is 62.4. The Hall–Kier alpha value is -3.92. The molecule has 0 amide bonds. The van der Waals surface area contributed by atoms with Gasteiger partial charge in [0.05, 0.1) is 36.8 Å². The molecule has 17 heteroatoms. The summed E-state index contributed by atoms with van der Waals surface area (Å²) < 4.78 is 56.9. The second kappa shape index (κ2) is 38.0. The molecule has 0 fully saturated rings. The van der Waals surface area contributed by atoms with Gasteiger partial charge in [0.1, 0.15) is 11.6 Å². The first-order chi connectivity index (χ1) is 43.0. The lowest BCUT2D eigenvalue weighted by atomic mass is 9.83. The molecule has 0 spiro atoms. The van der Waals surface area contributed by atoms with E-state index < -0.39 is 23.0 Å². The summed E-state index contributed by atoms with van der Waals surface area (Å²) in [5.74, 6) is 0.774. The number of alkyl halides is 3. The van der Waals surface area contributed by atoms with E-state index in [0.717, 1.165) is 96.3 Å². The summed E-state index contributed by atoms with van der Waals surface area (Å²) in [6.07, 6.45) is 4.49. The molecular weight excluding hydrogens is 1290 g/mol. The van der Waals surface area contributed by atoms with Gasteiger partial charge in [-0.05, 0) is 225 Å². The van der Waals surface area contributed by atoms with Gasteiger partial charge in [-0.2, -0.15) is 13.2 Å². The molecule has 4 aromatic carbocycles. The van der Waals surface area contributed by atoms with Crippen molar-refractivity contribution in [2.75, 3.05) is 7.11 Å². The Labute approximate surface area is 591 Å². The lowest BCUT2D eigenvalue weighted by molar-refractivity contribution is -0.138. The quantitative estimate of drug-likeness (QED) is 0.0480. The Kier molecular flexibility index (Phi) is 35.7. The van der Waals surface area contributed by atoms with Gasteiger partial charge >= 0.3 is 6.18 Å². The van der Waals surface area contributed by atoms with Crippen molar-refractivity contribution >= 4 is 69.5 Å². The molecule has 95 heavy (non-hydrogen) atoms. The lowest BCUT2D eigenvalue weighted by Gasteiger charge is -2.32. The van der Waals surface area contributed by atoms with Crippen LogP contribution in [-0.2, 0) is 51.0 Å². The fourth-order valence-corrected chi connectivity index (χ4v) is 11.5. The van der Waals surface area contributed by atoms with Crippen LogP contribution in [0.2, 0.25) is 20.1 Å². The predicted molar refractivity (Wildman–Crippen MR) is 394 cm³/mol. The summed E-state index contributed by atoms with van der Waals surface area (Å²) in [4.78, 5) is 50.7. The summed E-state index contributed by atoms with van der Waals surface area (Å²) in [6.45, 7) is 48.1. The lowest BCUT2D eigenvalue weighted by Crippen LogP contribution is -2.50. The van der Waals surface area contributed by atoms with Gasteiger partial charge in [0.15, 0.2) is 23.1 Å². The first-order valence-electron chi connectivity index (χ1n) is 33.6. The molecule has 4 rings (SSSR count). The van der Waals surface area contributed by atoms with Gasteiger partial charge in [-0.15, -0.1) is 0 Å². The van der Waals surface area contributed by atoms with E-state index in [-0.39, 0.29) is 97.7 Å². The first-order valence-corrected chi connectivity index (χ1v) is 35.1. The van der Waals surface area contributed by atoms with Gasteiger partial charge < -0.3 is 26.0 Å². The molecule has 0 radical (unpaired) electrons. The Morgan fingerprint density at radius 2 is 0.684 bits per heavy atom. The van der Waals surface area contributed by atoms with Crippen LogP contribution in [0.15, 0.2) is 78.9 Å². The number of hydrogen-bond acceptors (Lipinski definition) is 9. The Balaban J connectivity index is 0.000000634. The summed E-state index contributed by atoms with van der Waals surface area (Å²) >= 11 is 24.6. The third-order valence-electron chi connectivity index (χ3n) is 15.0. The van der Waals surface area contributed by atoms with Crippen LogP contribution in [-0.4, -0.2) is 76.6 Å². The first kappa shape index (κ1) is 89.1. The van der Waals surface area contributed by atoms with Crippen molar-refractivity contribution in [2.24, 2.45) is 21.7 Å². The van der Waals surface area contributed by atoms with Crippen LogP contribution >= 0.6 is 46.4 Å². The normalized spacial score (nSPS) is 14.0. The van der Waals surface area contributed by atoms with Gasteiger partial charge in [0, 0.05) is 63.9 Å². The molecule has 4 N–H and O–H groups in total. The minimum atomic E-state index is -4.56. The maximum atomic E-state index is 13.9. The van der Waals surface area contributed by atoms with E-state index in [0.29, 0.717) is 29.0 Å². The number of hydrogen-bond donors (Lipinski definition) is 4. The van der Waals surface area contributed by atoms with E-state index >= 15 is 0 Å². The van der Waals surface area contributed by atoms with Crippen molar-refractivity contribution in [2.45, 2.75) is 296 Å². The molecule has 0 saturated carbocycles. The highest BCUT2D eigenvalue weighted by Crippen LogP contribution is 2.32. The molecular formula is C78H120Cl4F4N4O5. The molecule has 4 aromatic rings. The smallest absolute Gasteiger partial charge is 0.416 e. The zero-order chi connectivity index (χ0) is 73.7. The second-order valence-corrected chi connectivity index (χ2v) is 35.1. The van der Waals surface area contributed by atoms with E-state index in [9.17, 15) is 36.7 Å². The van der Waals surface area contributed by atoms with Gasteiger partial charge in [-0.1, -0.05) is 166 Å². The van der Waals surface area contributed by atoms with Gasteiger partial charge in [-0.25, -0.2) is 4.39 Å². The monoisotopic (exact) mass is 1410 g/mol. The number of methoxy groups -OCH3 is 1. The Bertz CT molecular complexity index is 3040. The van der Waals surface area contributed by atoms with Crippen LogP contribution < -0.4 is 26.0 Å². The second-order valence-electron chi connectivity index (χ2n) is 33.4. The number of aryl methyl sites for hydroxylation is 4. The molecule has 9 nitrogen and oxygen atoms in total. The van der Waals surface area contributed by atoms with E-state index in [2.05, 4.69) is 89.6 Å². The molecule has 0 aliphatic heterocycles. The Morgan fingerprint density at radius 3 is 0.958 bits per heavy atom. The maximum absolute atomic E-state index is 13.9. The highest BCUT2D eigenvalue weighted by molar-refractivity contribution is 6.35. The number of carbonyl (C=O) groups excluding carboxylic acids is 4. The number of nitrogens with one attached hydrogen (secondary N) is 4. The number of ketones is 4. The van der Waals surface area contributed by atoms with Crippen molar-refractivity contribution in [1.29, 1.82) is 0 Å². The molecule has 0 saturated heterocycles. The van der Waals surface area contributed by atoms with Crippen LogP contribution in [0.25, 0.3) is 0 Å². The predicted octanol–water partition coefficient (Wildman–Crippen LogP) is 21.3. The van der Waals surface area contributed by atoms with Crippen LogP contribution in [0.5, 0.6) is 5.75 Å². The fraction of sp³-hybridized carbons (Fsp3) is 0.641. The summed E-state index contributed by atoms with van der Waals surface area (Å²) in [5.41, 5.74) is 0.515. The van der Waals surface area contributed by atoms with Gasteiger partial charge in [0.2, 0.25) is 0 Å². The summed E-state index contributed by atoms with van der Waals surface area (Å²) in [6, 6.07) is 21.1. The van der Waals surface area contributed by atoms with Gasteiger partial charge in [-0.3, -0.25) is 19.2 Å². The number of ether oxygens (including phenoxy) is 1. The van der Waals surface area contributed by atoms with Crippen LogP contribution in [0.4, 0.5) is 17.6 Å². The topological polar surface area (TPSA) is 126 Å². The number of benzene rings is 4. The largest absolute Gasteiger partial charge is 0.497 e. The number of Topliss-reactive ketones (excluding diaryl/α,β-unsaturated/α-hetero) is 4. The minimum absolute atomic E-state index is 0.0697. The van der Waals surface area contributed by atoms with Crippen molar-refractivity contribution < 1.29 is 41.5 Å². The highest BCUT2D eigenvalue weighted by Gasteiger charge is 2.36. The van der Waals surface area contributed by atoms with Gasteiger partial charge in [0.25, 0.3) is 0 Å². The molecule has 0 bridgehead atoms. The third kappa shape index (κ3) is 36.7.